The van der Waals surface area contributed by atoms with Crippen LogP contribution in [0.4, 0.5) is 0 Å². The highest BCUT2D eigenvalue weighted by Gasteiger charge is 2.39. The van der Waals surface area contributed by atoms with Crippen molar-refractivity contribution in [3.05, 3.63) is 89.5 Å². The quantitative estimate of drug-likeness (QED) is 0.570. The van der Waals surface area contributed by atoms with Crippen molar-refractivity contribution in [3.8, 4) is 5.75 Å². The molecule has 0 radical (unpaired) electrons. The van der Waals surface area contributed by atoms with E-state index < -0.39 is 5.60 Å². The standard InChI is InChI=1S/C26H29NO2S/c1-19(17-27(2)3)18-29-21-13-14-23-25(15-21)30-24-12-8-7-11-22(24)26(23,28)16-20-9-5-4-6-10-20/h4-15,19,28H,16-18H2,1-3H3. The Balaban J connectivity index is 1.65. The summed E-state index contributed by atoms with van der Waals surface area (Å²) in [6.45, 7) is 3.86. The molecule has 4 rings (SSSR count). The van der Waals surface area contributed by atoms with Crippen LogP contribution in [0, 0.1) is 5.92 Å². The van der Waals surface area contributed by atoms with Gasteiger partial charge in [0.05, 0.1) is 6.61 Å². The van der Waals surface area contributed by atoms with Crippen molar-refractivity contribution in [1.82, 2.24) is 4.90 Å². The molecule has 4 heteroatoms. The lowest BCUT2D eigenvalue weighted by Crippen LogP contribution is -2.33. The van der Waals surface area contributed by atoms with Gasteiger partial charge in [-0.2, -0.15) is 0 Å². The maximum absolute atomic E-state index is 12.0. The summed E-state index contributed by atoms with van der Waals surface area (Å²) in [6, 6.07) is 24.5. The summed E-state index contributed by atoms with van der Waals surface area (Å²) >= 11 is 1.71. The average molecular weight is 420 g/mol. The van der Waals surface area contributed by atoms with E-state index in [4.69, 9.17) is 4.74 Å². The third-order valence-electron chi connectivity index (χ3n) is 5.47. The fourth-order valence-corrected chi connectivity index (χ4v) is 5.43. The molecule has 2 unspecified atom stereocenters. The summed E-state index contributed by atoms with van der Waals surface area (Å²) in [6.07, 6.45) is 0.540. The van der Waals surface area contributed by atoms with Gasteiger partial charge in [0.15, 0.2) is 0 Å². The first-order valence-corrected chi connectivity index (χ1v) is 11.2. The maximum Gasteiger partial charge on any atom is 0.121 e. The topological polar surface area (TPSA) is 32.7 Å². The van der Waals surface area contributed by atoms with E-state index in [0.717, 1.165) is 38.8 Å². The number of hydrogen-bond donors (Lipinski definition) is 1. The highest BCUT2D eigenvalue weighted by Crippen LogP contribution is 2.50. The molecule has 3 nitrogen and oxygen atoms in total. The molecular formula is C26H29NO2S. The van der Waals surface area contributed by atoms with Crippen LogP contribution in [0.25, 0.3) is 0 Å². The second-order valence-electron chi connectivity index (χ2n) is 8.46. The SMILES string of the molecule is CC(COc1ccc2c(c1)Sc1ccccc1C2(O)Cc1ccccc1)CN(C)C. The zero-order valence-corrected chi connectivity index (χ0v) is 18.7. The molecule has 0 aromatic heterocycles. The minimum atomic E-state index is -1.06. The van der Waals surface area contributed by atoms with Crippen molar-refractivity contribution in [2.75, 3.05) is 27.2 Å². The second kappa shape index (κ2) is 8.84. The third kappa shape index (κ3) is 4.41. The molecule has 3 aromatic rings. The van der Waals surface area contributed by atoms with Crippen molar-refractivity contribution in [2.45, 2.75) is 28.7 Å². The van der Waals surface area contributed by atoms with Crippen LogP contribution >= 0.6 is 11.8 Å². The first-order chi connectivity index (χ1) is 14.5. The minimum Gasteiger partial charge on any atom is -0.493 e. The van der Waals surface area contributed by atoms with Crippen molar-refractivity contribution < 1.29 is 9.84 Å². The lowest BCUT2D eigenvalue weighted by atomic mass is 9.81. The first-order valence-electron chi connectivity index (χ1n) is 10.4. The van der Waals surface area contributed by atoms with E-state index in [9.17, 15) is 5.11 Å². The van der Waals surface area contributed by atoms with E-state index in [1.54, 1.807) is 11.8 Å². The van der Waals surface area contributed by atoms with E-state index in [2.05, 4.69) is 50.2 Å². The van der Waals surface area contributed by atoms with Gasteiger partial charge in [-0.25, -0.2) is 0 Å². The van der Waals surface area contributed by atoms with Gasteiger partial charge in [0.2, 0.25) is 0 Å². The van der Waals surface area contributed by atoms with E-state index in [1.807, 2.05) is 48.5 Å². The molecule has 1 N–H and O–H groups in total. The predicted molar refractivity (Wildman–Crippen MR) is 123 cm³/mol. The molecule has 0 saturated heterocycles. The molecular weight excluding hydrogens is 390 g/mol. The smallest absolute Gasteiger partial charge is 0.121 e. The molecule has 2 atom stereocenters. The molecule has 0 fully saturated rings. The molecule has 156 valence electrons. The summed E-state index contributed by atoms with van der Waals surface area (Å²) in [5, 5.41) is 12.0. The number of benzene rings is 3. The summed E-state index contributed by atoms with van der Waals surface area (Å²) < 4.78 is 6.09. The lowest BCUT2D eigenvalue weighted by molar-refractivity contribution is 0.0742. The third-order valence-corrected chi connectivity index (χ3v) is 6.60. The van der Waals surface area contributed by atoms with Gasteiger partial charge in [0.25, 0.3) is 0 Å². The maximum atomic E-state index is 12.0. The summed E-state index contributed by atoms with van der Waals surface area (Å²) in [5.74, 6) is 1.30. The average Bonchev–Trinajstić information content (AvgIpc) is 2.72. The van der Waals surface area contributed by atoms with Crippen LogP contribution in [0.1, 0.15) is 23.6 Å². The largest absolute Gasteiger partial charge is 0.493 e. The molecule has 0 spiro atoms. The second-order valence-corrected chi connectivity index (χ2v) is 9.54. The summed E-state index contributed by atoms with van der Waals surface area (Å²) in [5.41, 5.74) is 1.98. The Kier molecular flexibility index (Phi) is 6.19. The molecule has 0 saturated carbocycles. The van der Waals surface area contributed by atoms with E-state index in [1.165, 1.54) is 0 Å². The van der Waals surface area contributed by atoms with E-state index >= 15 is 0 Å². The molecule has 0 bridgehead atoms. The fraction of sp³-hybridized carbons (Fsp3) is 0.308. The molecule has 30 heavy (non-hydrogen) atoms. The molecule has 1 aliphatic rings. The van der Waals surface area contributed by atoms with Crippen LogP contribution in [0.3, 0.4) is 0 Å². The number of rotatable bonds is 7. The Morgan fingerprint density at radius 2 is 1.63 bits per heavy atom. The van der Waals surface area contributed by atoms with Crippen LogP contribution in [0.5, 0.6) is 5.75 Å². The Morgan fingerprint density at radius 3 is 2.40 bits per heavy atom. The Bertz CT molecular complexity index is 1000. The molecule has 0 amide bonds. The monoisotopic (exact) mass is 419 g/mol. The van der Waals surface area contributed by atoms with Crippen molar-refractivity contribution in [1.29, 1.82) is 0 Å². The normalized spacial score (nSPS) is 18.6. The highest BCUT2D eigenvalue weighted by molar-refractivity contribution is 7.99. The molecule has 1 aliphatic heterocycles. The Hall–Kier alpha value is -2.27. The molecule has 0 aliphatic carbocycles. The van der Waals surface area contributed by atoms with Gasteiger partial charge in [-0.1, -0.05) is 73.3 Å². The molecule has 1 heterocycles. The minimum absolute atomic E-state index is 0.444. The van der Waals surface area contributed by atoms with Crippen LogP contribution in [-0.2, 0) is 12.0 Å². The van der Waals surface area contributed by atoms with Crippen molar-refractivity contribution >= 4 is 11.8 Å². The number of ether oxygens (including phenoxy) is 1. The highest BCUT2D eigenvalue weighted by atomic mass is 32.2. The summed E-state index contributed by atoms with van der Waals surface area (Å²) in [7, 11) is 4.16. The Morgan fingerprint density at radius 1 is 0.933 bits per heavy atom. The van der Waals surface area contributed by atoms with Crippen molar-refractivity contribution in [3.63, 3.8) is 0 Å². The first kappa shape index (κ1) is 21.0. The number of aliphatic hydroxyl groups is 1. The van der Waals surface area contributed by atoms with Gasteiger partial charge in [0, 0.05) is 39.8 Å². The summed E-state index contributed by atoms with van der Waals surface area (Å²) in [4.78, 5) is 4.34. The van der Waals surface area contributed by atoms with E-state index in [0.29, 0.717) is 18.9 Å². The number of fused-ring (bicyclic) bond motifs is 2. The van der Waals surface area contributed by atoms with Gasteiger partial charge in [-0.05, 0) is 37.9 Å². The van der Waals surface area contributed by atoms with E-state index in [-0.39, 0.29) is 0 Å². The van der Waals surface area contributed by atoms with Gasteiger partial charge < -0.3 is 14.7 Å². The van der Waals surface area contributed by atoms with Crippen LogP contribution in [-0.4, -0.2) is 37.3 Å². The van der Waals surface area contributed by atoms with Crippen molar-refractivity contribution in [2.24, 2.45) is 5.92 Å². The predicted octanol–water partition coefficient (Wildman–Crippen LogP) is 5.21. The number of hydrogen-bond acceptors (Lipinski definition) is 4. The van der Waals surface area contributed by atoms with Crippen LogP contribution in [0.2, 0.25) is 0 Å². The van der Waals surface area contributed by atoms with Crippen LogP contribution < -0.4 is 4.74 Å². The van der Waals surface area contributed by atoms with Gasteiger partial charge in [-0.3, -0.25) is 0 Å². The zero-order valence-electron chi connectivity index (χ0n) is 17.8. The zero-order chi connectivity index (χ0) is 21.1. The fourth-order valence-electron chi connectivity index (χ4n) is 4.18. The molecule has 3 aromatic carbocycles. The van der Waals surface area contributed by atoms with Crippen LogP contribution in [0.15, 0.2) is 82.6 Å². The van der Waals surface area contributed by atoms with Gasteiger partial charge in [-0.15, -0.1) is 0 Å². The number of nitrogens with zero attached hydrogens (tertiary/aromatic N) is 1. The van der Waals surface area contributed by atoms with Gasteiger partial charge >= 0.3 is 0 Å². The lowest BCUT2D eigenvalue weighted by Gasteiger charge is -2.36. The van der Waals surface area contributed by atoms with Gasteiger partial charge in [0.1, 0.15) is 11.4 Å². The Labute approximate surface area is 183 Å².